The van der Waals surface area contributed by atoms with Crippen molar-refractivity contribution in [1.82, 2.24) is 10.1 Å². The zero-order chi connectivity index (χ0) is 11.6. The summed E-state index contributed by atoms with van der Waals surface area (Å²) in [4.78, 5) is 4.25. The number of hydrogen-bond donors (Lipinski definition) is 2. The predicted octanol–water partition coefficient (Wildman–Crippen LogP) is -0.174. The smallest absolute Gasteiger partial charge is 0.229 e. The van der Waals surface area contributed by atoms with Crippen molar-refractivity contribution in [2.45, 2.75) is 31.3 Å². The van der Waals surface area contributed by atoms with E-state index in [0.29, 0.717) is 18.3 Å². The SMILES string of the molecule is CC(O)(CN)Cc1nc(C2CCOC2)no1. The minimum atomic E-state index is -0.990. The Morgan fingerprint density at radius 2 is 2.44 bits per heavy atom. The second-order valence-electron chi connectivity index (χ2n) is 4.48. The maximum Gasteiger partial charge on any atom is 0.229 e. The largest absolute Gasteiger partial charge is 0.388 e. The molecule has 1 saturated heterocycles. The van der Waals surface area contributed by atoms with Crippen LogP contribution >= 0.6 is 0 Å². The number of hydrogen-bond acceptors (Lipinski definition) is 6. The lowest BCUT2D eigenvalue weighted by molar-refractivity contribution is 0.0610. The lowest BCUT2D eigenvalue weighted by atomic mass is 10.0. The van der Waals surface area contributed by atoms with Crippen molar-refractivity contribution in [3.63, 3.8) is 0 Å². The molecule has 1 aromatic rings. The molecule has 1 fully saturated rings. The highest BCUT2D eigenvalue weighted by Gasteiger charge is 2.26. The van der Waals surface area contributed by atoms with Gasteiger partial charge in [0.2, 0.25) is 5.89 Å². The van der Waals surface area contributed by atoms with Gasteiger partial charge in [-0.2, -0.15) is 4.98 Å². The lowest BCUT2D eigenvalue weighted by Gasteiger charge is -2.17. The van der Waals surface area contributed by atoms with Crippen LogP contribution in [0.25, 0.3) is 0 Å². The molecule has 0 bridgehead atoms. The maximum atomic E-state index is 9.77. The van der Waals surface area contributed by atoms with E-state index >= 15 is 0 Å². The van der Waals surface area contributed by atoms with Gasteiger partial charge in [0.1, 0.15) is 0 Å². The molecule has 16 heavy (non-hydrogen) atoms. The number of aromatic nitrogens is 2. The van der Waals surface area contributed by atoms with Gasteiger partial charge in [0.15, 0.2) is 5.82 Å². The van der Waals surface area contributed by atoms with Gasteiger partial charge < -0.3 is 20.1 Å². The van der Waals surface area contributed by atoms with E-state index in [1.165, 1.54) is 0 Å². The first-order valence-electron chi connectivity index (χ1n) is 5.43. The van der Waals surface area contributed by atoms with E-state index < -0.39 is 5.60 Å². The van der Waals surface area contributed by atoms with Crippen molar-refractivity contribution in [3.8, 4) is 0 Å². The van der Waals surface area contributed by atoms with Gasteiger partial charge in [0.05, 0.1) is 18.6 Å². The molecule has 0 radical (unpaired) electrons. The van der Waals surface area contributed by atoms with Crippen LogP contribution in [-0.4, -0.2) is 40.6 Å². The molecule has 1 aliphatic heterocycles. The first-order valence-corrected chi connectivity index (χ1v) is 5.43. The molecule has 2 atom stereocenters. The van der Waals surface area contributed by atoms with Gasteiger partial charge in [-0.3, -0.25) is 0 Å². The molecular weight excluding hydrogens is 210 g/mol. The Labute approximate surface area is 93.8 Å². The number of aliphatic hydroxyl groups is 1. The zero-order valence-corrected chi connectivity index (χ0v) is 9.35. The maximum absolute atomic E-state index is 9.77. The summed E-state index contributed by atoms with van der Waals surface area (Å²) in [5.74, 6) is 1.32. The van der Waals surface area contributed by atoms with Crippen LogP contribution in [0.4, 0.5) is 0 Å². The molecule has 1 aliphatic rings. The standard InChI is InChI=1S/C10H17N3O3/c1-10(14,6-11)4-8-12-9(13-16-8)7-2-3-15-5-7/h7,14H,2-6,11H2,1H3. The number of nitrogens with two attached hydrogens (primary N) is 1. The van der Waals surface area contributed by atoms with Crippen LogP contribution in [0.5, 0.6) is 0 Å². The van der Waals surface area contributed by atoms with E-state index in [4.69, 9.17) is 15.0 Å². The Hall–Kier alpha value is -0.980. The molecule has 2 rings (SSSR count). The number of rotatable bonds is 4. The lowest BCUT2D eigenvalue weighted by Crippen LogP contribution is -2.36. The summed E-state index contributed by atoms with van der Waals surface area (Å²) >= 11 is 0. The van der Waals surface area contributed by atoms with Crippen molar-refractivity contribution in [2.24, 2.45) is 5.73 Å². The molecular formula is C10H17N3O3. The summed E-state index contributed by atoms with van der Waals surface area (Å²) < 4.78 is 10.3. The Morgan fingerprint density at radius 1 is 1.62 bits per heavy atom. The molecule has 0 aromatic carbocycles. The van der Waals surface area contributed by atoms with Gasteiger partial charge in [-0.25, -0.2) is 0 Å². The fourth-order valence-electron chi connectivity index (χ4n) is 1.64. The molecule has 90 valence electrons. The summed E-state index contributed by atoms with van der Waals surface area (Å²) in [5, 5.41) is 13.7. The molecule has 6 heteroatoms. The fraction of sp³-hybridized carbons (Fsp3) is 0.800. The zero-order valence-electron chi connectivity index (χ0n) is 9.35. The van der Waals surface area contributed by atoms with Crippen molar-refractivity contribution in [1.29, 1.82) is 0 Å². The van der Waals surface area contributed by atoms with E-state index in [0.717, 1.165) is 13.0 Å². The van der Waals surface area contributed by atoms with Gasteiger partial charge in [-0.05, 0) is 13.3 Å². The topological polar surface area (TPSA) is 94.4 Å². The Balaban J connectivity index is 2.01. The van der Waals surface area contributed by atoms with Crippen LogP contribution in [0.3, 0.4) is 0 Å². The van der Waals surface area contributed by atoms with Crippen LogP contribution in [-0.2, 0) is 11.2 Å². The Bertz CT molecular complexity index is 345. The molecule has 6 nitrogen and oxygen atoms in total. The molecule has 1 aromatic heterocycles. The van der Waals surface area contributed by atoms with Crippen molar-refractivity contribution < 1.29 is 14.4 Å². The van der Waals surface area contributed by atoms with Gasteiger partial charge in [-0.15, -0.1) is 0 Å². The third-order valence-corrected chi connectivity index (χ3v) is 2.75. The Kier molecular flexibility index (Phi) is 3.22. The molecule has 0 amide bonds. The predicted molar refractivity (Wildman–Crippen MR) is 55.9 cm³/mol. The van der Waals surface area contributed by atoms with E-state index in [1.54, 1.807) is 6.92 Å². The van der Waals surface area contributed by atoms with Crippen molar-refractivity contribution >= 4 is 0 Å². The average Bonchev–Trinajstić information content (AvgIpc) is 2.86. The number of ether oxygens (including phenoxy) is 1. The van der Waals surface area contributed by atoms with Gasteiger partial charge in [0, 0.05) is 19.1 Å². The second kappa shape index (κ2) is 4.48. The van der Waals surface area contributed by atoms with Gasteiger partial charge in [-0.1, -0.05) is 5.16 Å². The van der Waals surface area contributed by atoms with Crippen molar-refractivity contribution in [3.05, 3.63) is 11.7 Å². The molecule has 2 heterocycles. The van der Waals surface area contributed by atoms with E-state index in [1.807, 2.05) is 0 Å². The first kappa shape index (κ1) is 11.5. The molecule has 0 spiro atoms. The molecule has 3 N–H and O–H groups in total. The molecule has 0 saturated carbocycles. The summed E-state index contributed by atoms with van der Waals surface area (Å²) in [7, 11) is 0. The van der Waals surface area contributed by atoms with Crippen LogP contribution in [0.15, 0.2) is 4.52 Å². The third kappa shape index (κ3) is 2.58. The third-order valence-electron chi connectivity index (χ3n) is 2.75. The van der Waals surface area contributed by atoms with E-state index in [-0.39, 0.29) is 18.9 Å². The quantitative estimate of drug-likeness (QED) is 0.741. The first-order chi connectivity index (χ1) is 7.61. The summed E-state index contributed by atoms with van der Waals surface area (Å²) in [5.41, 5.74) is 4.43. The highest BCUT2D eigenvalue weighted by molar-refractivity contribution is 4.99. The van der Waals surface area contributed by atoms with Crippen LogP contribution < -0.4 is 5.73 Å². The second-order valence-corrected chi connectivity index (χ2v) is 4.48. The van der Waals surface area contributed by atoms with E-state index in [2.05, 4.69) is 10.1 Å². The van der Waals surface area contributed by atoms with Crippen LogP contribution in [0.2, 0.25) is 0 Å². The minimum Gasteiger partial charge on any atom is -0.388 e. The monoisotopic (exact) mass is 227 g/mol. The highest BCUT2D eigenvalue weighted by atomic mass is 16.5. The fourth-order valence-corrected chi connectivity index (χ4v) is 1.64. The molecule has 0 aliphatic carbocycles. The minimum absolute atomic E-state index is 0.164. The average molecular weight is 227 g/mol. The summed E-state index contributed by atoms with van der Waals surface area (Å²) in [6, 6.07) is 0. The summed E-state index contributed by atoms with van der Waals surface area (Å²) in [6.07, 6.45) is 1.20. The number of nitrogens with zero attached hydrogens (tertiary/aromatic N) is 2. The normalized spacial score (nSPS) is 24.6. The van der Waals surface area contributed by atoms with Crippen molar-refractivity contribution in [2.75, 3.05) is 19.8 Å². The Morgan fingerprint density at radius 3 is 3.06 bits per heavy atom. The van der Waals surface area contributed by atoms with E-state index in [9.17, 15) is 5.11 Å². The highest BCUT2D eigenvalue weighted by Crippen LogP contribution is 2.23. The van der Waals surface area contributed by atoms with Crippen LogP contribution in [0.1, 0.15) is 31.0 Å². The van der Waals surface area contributed by atoms with Crippen LogP contribution in [0, 0.1) is 0 Å². The van der Waals surface area contributed by atoms with Gasteiger partial charge >= 0.3 is 0 Å². The van der Waals surface area contributed by atoms with Gasteiger partial charge in [0.25, 0.3) is 0 Å². The summed E-state index contributed by atoms with van der Waals surface area (Å²) in [6.45, 7) is 3.20. The molecule has 2 unspecified atom stereocenters.